The minimum absolute atomic E-state index is 0.0928. The molecule has 11 nitrogen and oxygen atoms in total. The molecule has 3 atom stereocenters. The summed E-state index contributed by atoms with van der Waals surface area (Å²) in [5, 5.41) is 25.2. The number of aromatic amines is 1. The number of fused-ring (bicyclic) bond motifs is 2. The van der Waals surface area contributed by atoms with E-state index in [1.165, 1.54) is 5.01 Å². The molecule has 12 heteroatoms. The lowest BCUT2D eigenvalue weighted by molar-refractivity contribution is -0.243. The molecule has 5 aliphatic rings. The van der Waals surface area contributed by atoms with Crippen molar-refractivity contribution in [3.8, 4) is 0 Å². The van der Waals surface area contributed by atoms with Gasteiger partial charge in [-0.2, -0.15) is 4.98 Å². The molecule has 2 aliphatic heterocycles. The molecule has 0 aromatic carbocycles. The first kappa shape index (κ1) is 30.4. The molecule has 7 rings (SSSR count). The van der Waals surface area contributed by atoms with E-state index in [2.05, 4.69) is 15.0 Å². The molecule has 3 unspecified atom stereocenters. The number of hydrogen-bond acceptors (Lipinski definition) is 9. The number of anilines is 1. The number of halogens is 1. The minimum Gasteiger partial charge on any atom is -0.444 e. The second-order valence-corrected chi connectivity index (χ2v) is 13.6. The summed E-state index contributed by atoms with van der Waals surface area (Å²) in [5.74, 6) is -0.561. The predicted octanol–water partition coefficient (Wildman–Crippen LogP) is 5.48. The molecule has 1 amide bonds. The number of allylic oxidation sites excluding steroid dienone is 4. The molecule has 2 aromatic heterocycles. The maximum Gasteiger partial charge on any atom is 0.410 e. The van der Waals surface area contributed by atoms with Crippen LogP contribution in [0.5, 0.6) is 0 Å². The molecule has 0 saturated heterocycles. The van der Waals surface area contributed by atoms with Crippen LogP contribution in [0.3, 0.4) is 0 Å². The van der Waals surface area contributed by atoms with Gasteiger partial charge in [0.2, 0.25) is 5.95 Å². The molecule has 242 valence electrons. The molecule has 4 heterocycles. The highest BCUT2D eigenvalue weighted by molar-refractivity contribution is 5.86. The van der Waals surface area contributed by atoms with Crippen molar-refractivity contribution in [1.82, 2.24) is 30.0 Å². The number of hydrazine groups is 1. The summed E-state index contributed by atoms with van der Waals surface area (Å²) >= 11 is 0. The number of nitrogens with zero attached hydrogens (tertiary/aromatic N) is 5. The van der Waals surface area contributed by atoms with E-state index in [1.807, 2.05) is 57.2 Å². The van der Waals surface area contributed by atoms with Crippen LogP contribution >= 0.6 is 0 Å². The van der Waals surface area contributed by atoms with Crippen molar-refractivity contribution in [2.45, 2.75) is 64.0 Å². The number of nitrogens with two attached hydrogens (primary N) is 1. The van der Waals surface area contributed by atoms with Crippen LogP contribution in [0.4, 0.5) is 15.1 Å². The monoisotopic (exact) mass is 629 g/mol. The second-order valence-electron chi connectivity index (χ2n) is 13.6. The summed E-state index contributed by atoms with van der Waals surface area (Å²) in [5.41, 5.74) is 10.9. The fraction of sp³-hybridized carbons (Fsp3) is 0.441. The van der Waals surface area contributed by atoms with Gasteiger partial charge in [-0.05, 0) is 87.3 Å². The van der Waals surface area contributed by atoms with E-state index in [0.29, 0.717) is 54.5 Å². The standard InChI is InChI=1S/C34H40FN7O4/c1-34(2,3)46-33(44)40-12-9-20(10-13-40)27-17-24-29(38-32(36)39-31(24)37-27)23-5-4-6-28(25(23)18-43)41-14-11-21-15-22(19-7-8-19)16-26(35)30(21)42(41)45/h4,6,9,11,14-17,19,21,23,30,43,45H,5,7-8,10,12-13,18H2,1-3H3,(H3,36,37,38,39). The third-order valence-electron chi connectivity index (χ3n) is 9.19. The Hall–Kier alpha value is -4.26. The van der Waals surface area contributed by atoms with Gasteiger partial charge < -0.3 is 25.5 Å². The zero-order valence-corrected chi connectivity index (χ0v) is 26.3. The average molecular weight is 630 g/mol. The number of rotatable bonds is 5. The van der Waals surface area contributed by atoms with Crippen LogP contribution in [0.25, 0.3) is 16.6 Å². The first-order chi connectivity index (χ1) is 22.0. The first-order valence-corrected chi connectivity index (χ1v) is 15.9. The van der Waals surface area contributed by atoms with Crippen molar-refractivity contribution < 1.29 is 24.2 Å². The minimum atomic E-state index is -0.891. The number of aliphatic hydroxyl groups is 1. The van der Waals surface area contributed by atoms with E-state index in [9.17, 15) is 15.1 Å². The number of carbonyl (C=O) groups excluding carboxylic acids is 1. The number of hydroxylamine groups is 1. The molecule has 0 bridgehead atoms. The third-order valence-corrected chi connectivity index (χ3v) is 9.19. The molecule has 46 heavy (non-hydrogen) atoms. The lowest BCUT2D eigenvalue weighted by atomic mass is 9.85. The molecule has 3 aliphatic carbocycles. The lowest BCUT2D eigenvalue weighted by Gasteiger charge is -2.43. The zero-order valence-electron chi connectivity index (χ0n) is 26.3. The van der Waals surface area contributed by atoms with Gasteiger partial charge in [-0.1, -0.05) is 29.5 Å². The Kier molecular flexibility index (Phi) is 7.61. The Bertz CT molecular complexity index is 1760. The summed E-state index contributed by atoms with van der Waals surface area (Å²) in [6, 6.07) is 1.10. The van der Waals surface area contributed by atoms with Crippen LogP contribution in [0, 0.1) is 11.8 Å². The Balaban J connectivity index is 1.19. The van der Waals surface area contributed by atoms with Gasteiger partial charge in [0.25, 0.3) is 0 Å². The fourth-order valence-corrected chi connectivity index (χ4v) is 6.79. The molecular weight excluding hydrogens is 589 g/mol. The molecule has 5 N–H and O–H groups in total. The molecule has 1 saturated carbocycles. The maximum atomic E-state index is 15.4. The molecule has 1 fully saturated rings. The van der Waals surface area contributed by atoms with Crippen LogP contribution in [0.1, 0.15) is 63.8 Å². The van der Waals surface area contributed by atoms with Crippen LogP contribution < -0.4 is 5.73 Å². The number of nitrogen functional groups attached to an aromatic ring is 1. The number of carbonyl (C=O) groups is 1. The van der Waals surface area contributed by atoms with Crippen LogP contribution in [-0.4, -0.2) is 77.8 Å². The second kappa shape index (κ2) is 11.5. The smallest absolute Gasteiger partial charge is 0.410 e. The largest absolute Gasteiger partial charge is 0.444 e. The number of aromatic nitrogens is 3. The summed E-state index contributed by atoms with van der Waals surface area (Å²) in [4.78, 5) is 26.7. The summed E-state index contributed by atoms with van der Waals surface area (Å²) in [6.45, 7) is 6.17. The fourth-order valence-electron chi connectivity index (χ4n) is 6.79. The first-order valence-electron chi connectivity index (χ1n) is 15.9. The quantitative estimate of drug-likeness (QED) is 0.338. The topological polar surface area (TPSA) is 144 Å². The predicted molar refractivity (Wildman–Crippen MR) is 171 cm³/mol. The Labute approximate surface area is 266 Å². The SMILES string of the molecule is CC(C)(C)OC(=O)N1CC=C(c2cc3c(C4CC=CC(N5C=CC6C=C(C7CC7)C=C(F)C6N5O)=C4CO)nc(N)nc3[nH]2)CC1. The van der Waals surface area contributed by atoms with E-state index in [-0.39, 0.29) is 36.3 Å². The number of aliphatic hydroxyl groups excluding tert-OH is 1. The van der Waals surface area contributed by atoms with Gasteiger partial charge >= 0.3 is 6.09 Å². The van der Waals surface area contributed by atoms with E-state index < -0.39 is 11.6 Å². The number of nitrogens with one attached hydrogen (secondary N) is 1. The van der Waals surface area contributed by atoms with Crippen molar-refractivity contribution in [1.29, 1.82) is 0 Å². The maximum absolute atomic E-state index is 15.4. The van der Waals surface area contributed by atoms with Gasteiger partial charge in [-0.3, -0.25) is 10.2 Å². The Morgan fingerprint density at radius 1 is 1.26 bits per heavy atom. The summed E-state index contributed by atoms with van der Waals surface area (Å²) < 4.78 is 20.9. The van der Waals surface area contributed by atoms with E-state index in [0.717, 1.165) is 40.2 Å². The Morgan fingerprint density at radius 2 is 2.07 bits per heavy atom. The third kappa shape index (κ3) is 5.65. The van der Waals surface area contributed by atoms with Crippen molar-refractivity contribution in [2.24, 2.45) is 11.8 Å². The van der Waals surface area contributed by atoms with E-state index in [4.69, 9.17) is 10.5 Å². The van der Waals surface area contributed by atoms with Gasteiger partial charge in [-0.15, -0.1) is 0 Å². The van der Waals surface area contributed by atoms with Crippen LogP contribution in [0.2, 0.25) is 0 Å². The summed E-state index contributed by atoms with van der Waals surface area (Å²) in [6.07, 6.45) is 16.0. The van der Waals surface area contributed by atoms with Crippen molar-refractivity contribution in [3.63, 3.8) is 0 Å². The van der Waals surface area contributed by atoms with Gasteiger partial charge in [0, 0.05) is 42.2 Å². The molecule has 0 spiro atoms. The highest BCUT2D eigenvalue weighted by Gasteiger charge is 2.41. The number of hydrogen-bond donors (Lipinski definition) is 4. The lowest BCUT2D eigenvalue weighted by Crippen LogP contribution is -2.50. The summed E-state index contributed by atoms with van der Waals surface area (Å²) in [7, 11) is 0. The van der Waals surface area contributed by atoms with Crippen molar-refractivity contribution in [2.75, 3.05) is 25.4 Å². The van der Waals surface area contributed by atoms with Crippen molar-refractivity contribution >= 4 is 28.6 Å². The molecular formula is C34H40FN7O4. The Morgan fingerprint density at radius 3 is 2.76 bits per heavy atom. The van der Waals surface area contributed by atoms with Gasteiger partial charge in [0.15, 0.2) is 0 Å². The zero-order chi connectivity index (χ0) is 32.3. The van der Waals surface area contributed by atoms with E-state index in [1.54, 1.807) is 17.2 Å². The van der Waals surface area contributed by atoms with Crippen LogP contribution in [-0.2, 0) is 4.74 Å². The molecule has 2 aromatic rings. The average Bonchev–Trinajstić information content (AvgIpc) is 3.78. The van der Waals surface area contributed by atoms with Gasteiger partial charge in [-0.25, -0.2) is 14.2 Å². The number of H-pyrrole nitrogens is 1. The van der Waals surface area contributed by atoms with Crippen LogP contribution in [0.15, 0.2) is 71.4 Å². The highest BCUT2D eigenvalue weighted by Crippen LogP contribution is 2.45. The number of ether oxygens (including phenoxy) is 1. The van der Waals surface area contributed by atoms with Gasteiger partial charge in [0.1, 0.15) is 23.1 Å². The van der Waals surface area contributed by atoms with Gasteiger partial charge in [0.05, 0.1) is 18.0 Å². The van der Waals surface area contributed by atoms with E-state index >= 15 is 4.39 Å². The highest BCUT2D eigenvalue weighted by atomic mass is 19.1. The molecule has 0 radical (unpaired) electrons. The van der Waals surface area contributed by atoms with Crippen molar-refractivity contribution in [3.05, 3.63) is 82.8 Å². The normalized spacial score (nSPS) is 25.4. The number of amides is 1.